The number of hydrogen-bond acceptors (Lipinski definition) is 6. The van der Waals surface area contributed by atoms with Crippen molar-refractivity contribution >= 4 is 15.9 Å². The molecule has 0 saturated carbocycles. The first-order valence-corrected chi connectivity index (χ1v) is 10.1. The first kappa shape index (κ1) is 19.1. The Bertz CT molecular complexity index is 733. The highest BCUT2D eigenvalue weighted by Crippen LogP contribution is 2.31. The lowest BCUT2D eigenvalue weighted by molar-refractivity contribution is -0.187. The summed E-state index contributed by atoms with van der Waals surface area (Å²) < 4.78 is 43.7. The molecule has 0 aliphatic carbocycles. The molecule has 1 N–H and O–H groups in total. The predicted molar refractivity (Wildman–Crippen MR) is 93.2 cm³/mol. The zero-order chi connectivity index (χ0) is 18.8. The van der Waals surface area contributed by atoms with E-state index < -0.39 is 21.9 Å². The van der Waals surface area contributed by atoms with Crippen LogP contribution in [0.15, 0.2) is 29.2 Å². The molecule has 1 atom stereocenters. The summed E-state index contributed by atoms with van der Waals surface area (Å²) in [6, 6.07) is 5.15. The lowest BCUT2D eigenvalue weighted by Crippen LogP contribution is -2.52. The van der Waals surface area contributed by atoms with Crippen LogP contribution in [-0.4, -0.2) is 64.5 Å². The van der Waals surface area contributed by atoms with E-state index in [0.717, 1.165) is 0 Å². The lowest BCUT2D eigenvalue weighted by atomic mass is 10.0. The SMILES string of the molecule is COc1ccc(S(=O)(=O)N[C@@H](C)C(=O)N2CCC3(CC2)OCCO3)cc1. The number of sulfonamides is 1. The Hall–Kier alpha value is -1.68. The summed E-state index contributed by atoms with van der Waals surface area (Å²) in [6.07, 6.45) is 1.19. The van der Waals surface area contributed by atoms with Gasteiger partial charge in [-0.1, -0.05) is 0 Å². The van der Waals surface area contributed by atoms with E-state index in [2.05, 4.69) is 4.72 Å². The molecule has 26 heavy (non-hydrogen) atoms. The summed E-state index contributed by atoms with van der Waals surface area (Å²) in [7, 11) is -2.29. The van der Waals surface area contributed by atoms with E-state index in [9.17, 15) is 13.2 Å². The highest BCUT2D eigenvalue weighted by atomic mass is 32.2. The van der Waals surface area contributed by atoms with Crippen LogP contribution in [-0.2, 0) is 24.3 Å². The van der Waals surface area contributed by atoms with Gasteiger partial charge in [0.2, 0.25) is 15.9 Å². The van der Waals surface area contributed by atoms with Crippen LogP contribution in [0.5, 0.6) is 5.75 Å². The van der Waals surface area contributed by atoms with Crippen molar-refractivity contribution in [1.82, 2.24) is 9.62 Å². The van der Waals surface area contributed by atoms with Gasteiger partial charge in [0.15, 0.2) is 5.79 Å². The largest absolute Gasteiger partial charge is 0.497 e. The number of nitrogens with one attached hydrogen (secondary N) is 1. The first-order valence-electron chi connectivity index (χ1n) is 8.58. The molecule has 1 amide bonds. The van der Waals surface area contributed by atoms with E-state index in [1.165, 1.54) is 19.2 Å². The van der Waals surface area contributed by atoms with Gasteiger partial charge < -0.3 is 19.1 Å². The number of benzene rings is 1. The van der Waals surface area contributed by atoms with Gasteiger partial charge in [0.05, 0.1) is 31.3 Å². The molecule has 1 aromatic rings. The van der Waals surface area contributed by atoms with E-state index in [1.807, 2.05) is 0 Å². The maximum absolute atomic E-state index is 12.6. The number of ether oxygens (including phenoxy) is 3. The molecule has 0 unspecified atom stereocenters. The minimum atomic E-state index is -3.79. The minimum Gasteiger partial charge on any atom is -0.497 e. The van der Waals surface area contributed by atoms with Gasteiger partial charge >= 0.3 is 0 Å². The summed E-state index contributed by atoms with van der Waals surface area (Å²) in [6.45, 7) is 3.66. The number of carbonyl (C=O) groups excluding carboxylic acids is 1. The van der Waals surface area contributed by atoms with Crippen LogP contribution in [0.3, 0.4) is 0 Å². The summed E-state index contributed by atoms with van der Waals surface area (Å²) in [5.41, 5.74) is 0. The highest BCUT2D eigenvalue weighted by molar-refractivity contribution is 7.89. The van der Waals surface area contributed by atoms with Crippen molar-refractivity contribution in [2.45, 2.75) is 36.5 Å². The Morgan fingerprint density at radius 2 is 1.77 bits per heavy atom. The zero-order valence-corrected chi connectivity index (χ0v) is 15.8. The number of piperidine rings is 1. The van der Waals surface area contributed by atoms with Crippen LogP contribution in [0, 0.1) is 0 Å². The van der Waals surface area contributed by atoms with Crippen LogP contribution < -0.4 is 9.46 Å². The van der Waals surface area contributed by atoms with Gasteiger partial charge in [-0.25, -0.2) is 8.42 Å². The third-order valence-electron chi connectivity index (χ3n) is 4.72. The van der Waals surface area contributed by atoms with Crippen LogP contribution in [0.2, 0.25) is 0 Å². The number of methoxy groups -OCH3 is 1. The van der Waals surface area contributed by atoms with Crippen LogP contribution in [0.1, 0.15) is 19.8 Å². The lowest BCUT2D eigenvalue weighted by Gasteiger charge is -2.38. The van der Waals surface area contributed by atoms with Crippen molar-refractivity contribution in [2.75, 3.05) is 33.4 Å². The second-order valence-electron chi connectivity index (χ2n) is 6.45. The molecule has 3 rings (SSSR count). The quantitative estimate of drug-likeness (QED) is 0.804. The number of carbonyl (C=O) groups is 1. The van der Waals surface area contributed by atoms with E-state index in [4.69, 9.17) is 14.2 Å². The van der Waals surface area contributed by atoms with Crippen LogP contribution in [0.25, 0.3) is 0 Å². The summed E-state index contributed by atoms with van der Waals surface area (Å²) >= 11 is 0. The van der Waals surface area contributed by atoms with Gasteiger partial charge in [-0.3, -0.25) is 4.79 Å². The maximum Gasteiger partial charge on any atom is 0.241 e. The van der Waals surface area contributed by atoms with Crippen molar-refractivity contribution in [3.05, 3.63) is 24.3 Å². The molecule has 2 saturated heterocycles. The molecule has 144 valence electrons. The minimum absolute atomic E-state index is 0.0864. The van der Waals surface area contributed by atoms with Gasteiger partial charge in [0.1, 0.15) is 5.75 Å². The van der Waals surface area contributed by atoms with Crippen molar-refractivity contribution in [2.24, 2.45) is 0 Å². The molecular weight excluding hydrogens is 360 g/mol. The van der Waals surface area contributed by atoms with Gasteiger partial charge in [-0.15, -0.1) is 0 Å². The van der Waals surface area contributed by atoms with Crippen LogP contribution >= 0.6 is 0 Å². The maximum atomic E-state index is 12.6. The Balaban J connectivity index is 1.59. The molecule has 1 spiro atoms. The van der Waals surface area contributed by atoms with Crippen molar-refractivity contribution in [3.8, 4) is 5.75 Å². The fraction of sp³-hybridized carbons (Fsp3) is 0.588. The second-order valence-corrected chi connectivity index (χ2v) is 8.17. The fourth-order valence-electron chi connectivity index (χ4n) is 3.23. The number of amides is 1. The molecule has 2 aliphatic heterocycles. The van der Waals surface area contributed by atoms with Crippen LogP contribution in [0.4, 0.5) is 0 Å². The molecule has 9 heteroatoms. The molecule has 2 heterocycles. The number of rotatable bonds is 5. The zero-order valence-electron chi connectivity index (χ0n) is 14.9. The topological polar surface area (TPSA) is 94.2 Å². The van der Waals surface area contributed by atoms with Gasteiger partial charge in [0, 0.05) is 25.9 Å². The number of likely N-dealkylation sites (tertiary alicyclic amines) is 1. The number of nitrogens with zero attached hydrogens (tertiary/aromatic N) is 1. The average Bonchev–Trinajstić information content (AvgIpc) is 3.09. The smallest absolute Gasteiger partial charge is 0.241 e. The second kappa shape index (κ2) is 7.51. The molecule has 1 aromatic carbocycles. The Kier molecular flexibility index (Phi) is 5.52. The van der Waals surface area contributed by atoms with Crippen molar-refractivity contribution in [1.29, 1.82) is 0 Å². The Morgan fingerprint density at radius 3 is 2.31 bits per heavy atom. The average molecular weight is 384 g/mol. The Morgan fingerprint density at radius 1 is 1.19 bits per heavy atom. The molecular formula is C17H24N2O6S. The standard InChI is InChI=1S/C17H24N2O6S/c1-13(18-26(21,22)15-5-3-14(23-2)4-6-15)16(20)19-9-7-17(8-10-19)24-11-12-25-17/h3-6,13,18H,7-12H2,1-2H3/t13-/m0/s1. The van der Waals surface area contributed by atoms with E-state index in [0.29, 0.717) is 44.9 Å². The van der Waals surface area contributed by atoms with E-state index >= 15 is 0 Å². The fourth-order valence-corrected chi connectivity index (χ4v) is 4.43. The third kappa shape index (κ3) is 4.01. The van der Waals surface area contributed by atoms with E-state index in [1.54, 1.807) is 24.0 Å². The Labute approximate surface area is 153 Å². The summed E-state index contributed by atoms with van der Waals surface area (Å²) in [5, 5.41) is 0. The molecule has 2 aliphatic rings. The monoisotopic (exact) mass is 384 g/mol. The van der Waals surface area contributed by atoms with Gasteiger partial charge in [-0.2, -0.15) is 4.72 Å². The molecule has 0 aromatic heterocycles. The highest BCUT2D eigenvalue weighted by Gasteiger charge is 2.41. The van der Waals surface area contributed by atoms with E-state index in [-0.39, 0.29) is 10.8 Å². The van der Waals surface area contributed by atoms with Crippen molar-refractivity contribution in [3.63, 3.8) is 0 Å². The third-order valence-corrected chi connectivity index (χ3v) is 6.28. The molecule has 8 nitrogen and oxygen atoms in total. The molecule has 2 fully saturated rings. The normalized spacial score (nSPS) is 20.9. The summed E-state index contributed by atoms with van der Waals surface area (Å²) in [5.74, 6) is -0.260. The predicted octanol–water partition coefficient (Wildman–Crippen LogP) is 0.727. The van der Waals surface area contributed by atoms with Crippen molar-refractivity contribution < 1.29 is 27.4 Å². The number of hydrogen-bond donors (Lipinski definition) is 1. The first-order chi connectivity index (χ1) is 12.4. The van der Waals surface area contributed by atoms with Gasteiger partial charge in [-0.05, 0) is 31.2 Å². The van der Waals surface area contributed by atoms with Gasteiger partial charge in [0.25, 0.3) is 0 Å². The molecule has 0 bridgehead atoms. The molecule has 0 radical (unpaired) electrons. The summed E-state index contributed by atoms with van der Waals surface area (Å²) in [4.78, 5) is 14.3.